The Balaban J connectivity index is 1.77. The van der Waals surface area contributed by atoms with Gasteiger partial charge >= 0.3 is 171 Å². The Labute approximate surface area is 170 Å². The Kier molecular flexibility index (Phi) is 6.50. The van der Waals surface area contributed by atoms with E-state index in [-0.39, 0.29) is 23.8 Å². The molecule has 1 aliphatic heterocycles. The van der Waals surface area contributed by atoms with Crippen molar-refractivity contribution in [2.24, 2.45) is 11.8 Å². The molecule has 148 valence electrons. The summed E-state index contributed by atoms with van der Waals surface area (Å²) in [6.07, 6.45) is 4.51. The molecule has 1 aliphatic carbocycles. The van der Waals surface area contributed by atoms with Crippen molar-refractivity contribution in [1.82, 2.24) is 4.90 Å². The normalized spacial score (nSPS) is 29.9. The summed E-state index contributed by atoms with van der Waals surface area (Å²) in [6, 6.07) is 10.6. The van der Waals surface area contributed by atoms with Gasteiger partial charge in [0.25, 0.3) is 0 Å². The van der Waals surface area contributed by atoms with Gasteiger partial charge in [0.2, 0.25) is 0 Å². The number of carbonyl (C=O) groups excluding carboxylic acids is 1. The van der Waals surface area contributed by atoms with Crippen molar-refractivity contribution in [3.05, 3.63) is 42.5 Å². The first kappa shape index (κ1) is 20.6. The predicted molar refractivity (Wildman–Crippen MR) is 112 cm³/mol. The maximum atomic E-state index is 13.0. The summed E-state index contributed by atoms with van der Waals surface area (Å²) in [5, 5.41) is 1.07. The van der Waals surface area contributed by atoms with Crippen LogP contribution in [0.15, 0.2) is 42.5 Å². The van der Waals surface area contributed by atoms with E-state index in [0.29, 0.717) is 32.4 Å². The van der Waals surface area contributed by atoms with E-state index in [1.165, 1.54) is 10.9 Å². The van der Waals surface area contributed by atoms with E-state index in [1.807, 2.05) is 11.8 Å². The molecule has 1 heterocycles. The third-order valence-electron chi connectivity index (χ3n) is 6.16. The van der Waals surface area contributed by atoms with Gasteiger partial charge < -0.3 is 0 Å². The second-order valence-electron chi connectivity index (χ2n) is 8.71. The zero-order chi connectivity index (χ0) is 19.6. The van der Waals surface area contributed by atoms with Crippen molar-refractivity contribution in [2.45, 2.75) is 76.6 Å². The van der Waals surface area contributed by atoms with Gasteiger partial charge in [0.15, 0.2) is 0 Å². The van der Waals surface area contributed by atoms with Crippen LogP contribution in [0, 0.1) is 11.8 Å². The topological polar surface area (TPSA) is 29.5 Å². The molecule has 4 atom stereocenters. The number of fused-ring (bicyclic) bond motifs is 1. The van der Waals surface area contributed by atoms with E-state index >= 15 is 0 Å². The number of carbonyl (C=O) groups is 1. The first-order valence-electron chi connectivity index (χ1n) is 10.1. The van der Waals surface area contributed by atoms with Crippen molar-refractivity contribution in [3.63, 3.8) is 0 Å². The average Bonchev–Trinajstić information content (AvgIpc) is 2.61. The Bertz CT molecular complexity index is 672. The Morgan fingerprint density at radius 2 is 2.00 bits per heavy atom. The molecule has 2 aliphatic rings. The maximum absolute atomic E-state index is 13.0. The van der Waals surface area contributed by atoms with Gasteiger partial charge in [0, 0.05) is 0 Å². The first-order valence-corrected chi connectivity index (χ1v) is 12.2. The fourth-order valence-corrected chi connectivity index (χ4v) is 6.59. The van der Waals surface area contributed by atoms with E-state index < -0.39 is 0 Å². The molecule has 0 radical (unpaired) electrons. The standard InChI is InChI=1S/C23H33NO2Se/c1-16(2)22(25)24-21(13-14-27-18-9-7-6-8-10-18)26-20-15-17(3)11-12-19(20)23(24,4)5/h6-10,17,19-21H,1,11-15H2,2-5H3/t17-,19-,20-,21+/m1/s1. The van der Waals surface area contributed by atoms with Crippen molar-refractivity contribution in [1.29, 1.82) is 0 Å². The van der Waals surface area contributed by atoms with Gasteiger partial charge in [0.1, 0.15) is 0 Å². The van der Waals surface area contributed by atoms with Crippen molar-refractivity contribution in [3.8, 4) is 0 Å². The second-order valence-corrected chi connectivity index (χ2v) is 11.2. The molecule has 3 nitrogen and oxygen atoms in total. The fourth-order valence-electron chi connectivity index (χ4n) is 4.69. The number of benzene rings is 1. The summed E-state index contributed by atoms with van der Waals surface area (Å²) in [5.41, 5.74) is 0.414. The summed E-state index contributed by atoms with van der Waals surface area (Å²) in [6.45, 7) is 12.5. The zero-order valence-electron chi connectivity index (χ0n) is 17.1. The molecule has 2 fully saturated rings. The summed E-state index contributed by atoms with van der Waals surface area (Å²) in [7, 11) is 0. The monoisotopic (exact) mass is 435 g/mol. The molecule has 1 saturated carbocycles. The number of amides is 1. The Morgan fingerprint density at radius 3 is 2.67 bits per heavy atom. The van der Waals surface area contributed by atoms with Crippen molar-refractivity contribution >= 4 is 25.3 Å². The molecule has 0 unspecified atom stereocenters. The summed E-state index contributed by atoms with van der Waals surface area (Å²) in [4.78, 5) is 15.1. The van der Waals surface area contributed by atoms with E-state index in [9.17, 15) is 4.79 Å². The van der Waals surface area contributed by atoms with Gasteiger partial charge in [-0.2, -0.15) is 0 Å². The van der Waals surface area contributed by atoms with Crippen LogP contribution < -0.4 is 4.46 Å². The van der Waals surface area contributed by atoms with Gasteiger partial charge in [-0.25, -0.2) is 0 Å². The number of nitrogens with zero attached hydrogens (tertiary/aromatic N) is 1. The number of hydrogen-bond acceptors (Lipinski definition) is 2. The number of rotatable bonds is 5. The summed E-state index contributed by atoms with van der Waals surface area (Å²) >= 11 is 0.406. The van der Waals surface area contributed by atoms with E-state index in [4.69, 9.17) is 4.74 Å². The Hall–Kier alpha value is -1.09. The molecule has 4 heteroatoms. The van der Waals surface area contributed by atoms with Crippen molar-refractivity contribution < 1.29 is 9.53 Å². The van der Waals surface area contributed by atoms with Crippen LogP contribution in [0.5, 0.6) is 0 Å². The van der Waals surface area contributed by atoms with Crippen LogP contribution in [0.1, 0.15) is 53.4 Å². The van der Waals surface area contributed by atoms with Crippen LogP contribution in [0.3, 0.4) is 0 Å². The summed E-state index contributed by atoms with van der Waals surface area (Å²) < 4.78 is 8.00. The molecule has 1 aromatic rings. The van der Waals surface area contributed by atoms with Crippen molar-refractivity contribution in [2.75, 3.05) is 0 Å². The van der Waals surface area contributed by atoms with E-state index in [1.54, 1.807) is 0 Å². The van der Waals surface area contributed by atoms with E-state index in [2.05, 4.69) is 57.7 Å². The van der Waals surface area contributed by atoms with Crippen LogP contribution in [0.4, 0.5) is 0 Å². The fraction of sp³-hybridized carbons (Fsp3) is 0.609. The third-order valence-corrected chi connectivity index (χ3v) is 8.36. The average molecular weight is 434 g/mol. The molecule has 3 rings (SSSR count). The van der Waals surface area contributed by atoms with Gasteiger partial charge in [-0.05, 0) is 0 Å². The van der Waals surface area contributed by atoms with Crippen LogP contribution in [-0.4, -0.2) is 43.6 Å². The van der Waals surface area contributed by atoms with Crippen LogP contribution in [0.25, 0.3) is 0 Å². The molecule has 0 aromatic heterocycles. The zero-order valence-corrected chi connectivity index (χ0v) is 18.8. The molecule has 1 saturated heterocycles. The minimum absolute atomic E-state index is 0.0503. The Morgan fingerprint density at radius 1 is 1.30 bits per heavy atom. The molecule has 1 amide bonds. The minimum atomic E-state index is -0.191. The molecular formula is C23H33NO2Se. The number of ether oxygens (including phenoxy) is 1. The van der Waals surface area contributed by atoms with Gasteiger partial charge in [0.05, 0.1) is 0 Å². The number of hydrogen-bond donors (Lipinski definition) is 0. The molecule has 0 spiro atoms. The van der Waals surface area contributed by atoms with Gasteiger partial charge in [-0.3, -0.25) is 0 Å². The molecule has 1 aromatic carbocycles. The van der Waals surface area contributed by atoms with Gasteiger partial charge in [-0.1, -0.05) is 0 Å². The predicted octanol–water partition coefficient (Wildman–Crippen LogP) is 4.17. The molecular weight excluding hydrogens is 401 g/mol. The molecule has 27 heavy (non-hydrogen) atoms. The van der Waals surface area contributed by atoms with Crippen LogP contribution in [-0.2, 0) is 9.53 Å². The third kappa shape index (κ3) is 4.50. The van der Waals surface area contributed by atoms with Crippen LogP contribution in [0.2, 0.25) is 5.32 Å². The quantitative estimate of drug-likeness (QED) is 0.514. The molecule has 0 bridgehead atoms. The SMILES string of the molecule is C=C(C)C(=O)N1[C@H](CC[Se]c2ccccc2)O[C@@H]2C[C@H](C)CC[C@H]2C1(C)C. The first-order chi connectivity index (χ1) is 12.8. The van der Waals surface area contributed by atoms with Crippen LogP contribution >= 0.6 is 0 Å². The molecule has 0 N–H and O–H groups in total. The van der Waals surface area contributed by atoms with Gasteiger partial charge in [-0.15, -0.1) is 0 Å². The van der Waals surface area contributed by atoms with E-state index in [0.717, 1.165) is 24.6 Å². The summed E-state index contributed by atoms with van der Waals surface area (Å²) in [5.74, 6) is 1.17. The second kappa shape index (κ2) is 8.51.